The highest BCUT2D eigenvalue weighted by atomic mass is 35.5. The second-order valence-corrected chi connectivity index (χ2v) is 7.57. The molecule has 142 valence electrons. The summed E-state index contributed by atoms with van der Waals surface area (Å²) >= 11 is 5.97. The summed E-state index contributed by atoms with van der Waals surface area (Å²) in [4.78, 5) is 25.0. The van der Waals surface area contributed by atoms with Crippen LogP contribution in [0.3, 0.4) is 0 Å². The summed E-state index contributed by atoms with van der Waals surface area (Å²) in [5.74, 6) is -0.811. The highest BCUT2D eigenvalue weighted by Crippen LogP contribution is 2.38. The standard InChI is InChI=1S/C18H22ClFN2O4/c1-11(23)26-10-18(21)5-13(6-18)17(24)22-7-15(8-22)25-9-12-2-3-14(20)4-16(12)19/h2-4,13,15H,5-10,21H2,1H3/t13-,18+. The van der Waals surface area contributed by atoms with E-state index in [9.17, 15) is 14.0 Å². The number of nitrogens with zero attached hydrogens (tertiary/aromatic N) is 1. The van der Waals surface area contributed by atoms with Gasteiger partial charge in [0.1, 0.15) is 12.4 Å². The van der Waals surface area contributed by atoms with E-state index in [2.05, 4.69) is 0 Å². The summed E-state index contributed by atoms with van der Waals surface area (Å²) in [5, 5.41) is 0.332. The molecule has 6 nitrogen and oxygen atoms in total. The summed E-state index contributed by atoms with van der Waals surface area (Å²) in [6.07, 6.45) is 0.988. The second-order valence-electron chi connectivity index (χ2n) is 7.16. The maximum Gasteiger partial charge on any atom is 0.302 e. The van der Waals surface area contributed by atoms with Crippen LogP contribution in [0.4, 0.5) is 4.39 Å². The number of hydrogen-bond donors (Lipinski definition) is 1. The predicted molar refractivity (Wildman–Crippen MR) is 92.8 cm³/mol. The van der Waals surface area contributed by atoms with Gasteiger partial charge in [0.05, 0.1) is 18.2 Å². The zero-order chi connectivity index (χ0) is 18.9. The molecule has 1 heterocycles. The maximum absolute atomic E-state index is 13.0. The Balaban J connectivity index is 1.37. The number of halogens is 2. The molecule has 8 heteroatoms. The number of carbonyl (C=O) groups is 2. The molecule has 0 unspecified atom stereocenters. The Labute approximate surface area is 156 Å². The van der Waals surface area contributed by atoms with Gasteiger partial charge in [-0.2, -0.15) is 0 Å². The first-order chi connectivity index (χ1) is 12.3. The Morgan fingerprint density at radius 1 is 1.38 bits per heavy atom. The fourth-order valence-corrected chi connectivity index (χ4v) is 3.51. The molecule has 1 amide bonds. The van der Waals surface area contributed by atoms with Gasteiger partial charge >= 0.3 is 5.97 Å². The zero-order valence-electron chi connectivity index (χ0n) is 14.5. The lowest BCUT2D eigenvalue weighted by atomic mass is 9.68. The van der Waals surface area contributed by atoms with Gasteiger partial charge in [-0.1, -0.05) is 17.7 Å². The molecule has 1 aromatic rings. The van der Waals surface area contributed by atoms with Crippen molar-refractivity contribution in [3.05, 3.63) is 34.6 Å². The number of ether oxygens (including phenoxy) is 2. The number of esters is 1. The summed E-state index contributed by atoms with van der Waals surface area (Å²) in [6.45, 7) is 2.81. The van der Waals surface area contributed by atoms with Crippen molar-refractivity contribution in [3.8, 4) is 0 Å². The Morgan fingerprint density at radius 2 is 2.08 bits per heavy atom. The zero-order valence-corrected chi connectivity index (χ0v) is 15.3. The van der Waals surface area contributed by atoms with Crippen LogP contribution in [0.2, 0.25) is 5.02 Å². The molecule has 0 atom stereocenters. The van der Waals surface area contributed by atoms with Gasteiger partial charge in [-0.3, -0.25) is 9.59 Å². The summed E-state index contributed by atoms with van der Waals surface area (Å²) in [5.41, 5.74) is 6.22. The maximum atomic E-state index is 13.0. The van der Waals surface area contributed by atoms with E-state index >= 15 is 0 Å². The lowest BCUT2D eigenvalue weighted by Crippen LogP contribution is -2.63. The molecule has 0 spiro atoms. The molecule has 2 N–H and O–H groups in total. The van der Waals surface area contributed by atoms with Crippen molar-refractivity contribution in [1.82, 2.24) is 4.90 Å². The van der Waals surface area contributed by atoms with Gasteiger partial charge in [-0.25, -0.2) is 4.39 Å². The third kappa shape index (κ3) is 4.34. The van der Waals surface area contributed by atoms with Crippen molar-refractivity contribution in [3.63, 3.8) is 0 Å². The van der Waals surface area contributed by atoms with Crippen molar-refractivity contribution in [2.75, 3.05) is 19.7 Å². The van der Waals surface area contributed by atoms with Crippen LogP contribution < -0.4 is 5.73 Å². The lowest BCUT2D eigenvalue weighted by molar-refractivity contribution is -0.157. The van der Waals surface area contributed by atoms with E-state index in [-0.39, 0.29) is 42.9 Å². The number of benzene rings is 1. The molecule has 2 fully saturated rings. The highest BCUT2D eigenvalue weighted by Gasteiger charge is 2.48. The second kappa shape index (κ2) is 7.50. The van der Waals surface area contributed by atoms with E-state index < -0.39 is 5.54 Å². The van der Waals surface area contributed by atoms with Gasteiger partial charge in [0.25, 0.3) is 0 Å². The molecular weight excluding hydrogens is 363 g/mol. The van der Waals surface area contributed by atoms with Crippen molar-refractivity contribution in [2.24, 2.45) is 11.7 Å². The Morgan fingerprint density at radius 3 is 2.69 bits per heavy atom. The van der Waals surface area contributed by atoms with Crippen LogP contribution in [0.1, 0.15) is 25.3 Å². The first kappa shape index (κ1) is 19.1. The van der Waals surface area contributed by atoms with Gasteiger partial charge in [0.15, 0.2) is 0 Å². The summed E-state index contributed by atoms with van der Waals surface area (Å²) in [6, 6.07) is 4.19. The average molecular weight is 385 g/mol. The van der Waals surface area contributed by atoms with E-state index in [4.69, 9.17) is 26.8 Å². The topological polar surface area (TPSA) is 81.9 Å². The van der Waals surface area contributed by atoms with Crippen LogP contribution in [0.15, 0.2) is 18.2 Å². The van der Waals surface area contributed by atoms with Gasteiger partial charge in [0.2, 0.25) is 5.91 Å². The molecule has 1 aliphatic carbocycles. The normalized spacial score (nSPS) is 25.4. The molecule has 1 aliphatic heterocycles. The monoisotopic (exact) mass is 384 g/mol. The number of amides is 1. The molecule has 2 aliphatic rings. The number of likely N-dealkylation sites (tertiary alicyclic amines) is 1. The quantitative estimate of drug-likeness (QED) is 0.757. The van der Waals surface area contributed by atoms with Crippen molar-refractivity contribution in [2.45, 2.75) is 38.0 Å². The van der Waals surface area contributed by atoms with Gasteiger partial charge in [0, 0.05) is 31.0 Å². The fraction of sp³-hybridized carbons (Fsp3) is 0.556. The molecule has 0 bridgehead atoms. The van der Waals surface area contributed by atoms with Crippen LogP contribution in [0.25, 0.3) is 0 Å². The summed E-state index contributed by atoms with van der Waals surface area (Å²) in [7, 11) is 0. The highest BCUT2D eigenvalue weighted by molar-refractivity contribution is 6.31. The minimum Gasteiger partial charge on any atom is -0.464 e. The van der Waals surface area contributed by atoms with Crippen LogP contribution in [0.5, 0.6) is 0 Å². The van der Waals surface area contributed by atoms with Gasteiger partial charge in [-0.15, -0.1) is 0 Å². The molecule has 1 saturated heterocycles. The first-order valence-corrected chi connectivity index (χ1v) is 8.90. The summed E-state index contributed by atoms with van der Waals surface area (Å²) < 4.78 is 23.7. The molecule has 26 heavy (non-hydrogen) atoms. The minimum atomic E-state index is -0.591. The SMILES string of the molecule is CC(=O)OC[C@]1(N)C[C@@H](C(=O)N2CC(OCc3ccc(F)cc3Cl)C2)C1. The Kier molecular flexibility index (Phi) is 5.50. The van der Waals surface area contributed by atoms with Crippen LogP contribution in [0, 0.1) is 11.7 Å². The molecule has 3 rings (SSSR count). The Bertz CT molecular complexity index is 702. The number of hydrogen-bond acceptors (Lipinski definition) is 5. The first-order valence-electron chi connectivity index (χ1n) is 8.52. The smallest absolute Gasteiger partial charge is 0.302 e. The molecule has 0 aromatic heterocycles. The van der Waals surface area contributed by atoms with Crippen LogP contribution in [-0.4, -0.2) is 48.1 Å². The fourth-order valence-electron chi connectivity index (χ4n) is 3.29. The third-order valence-electron chi connectivity index (χ3n) is 4.87. The van der Waals surface area contributed by atoms with E-state index in [1.54, 1.807) is 11.0 Å². The van der Waals surface area contributed by atoms with E-state index in [1.165, 1.54) is 19.1 Å². The molecule has 1 aromatic carbocycles. The van der Waals surface area contributed by atoms with Crippen molar-refractivity contribution >= 4 is 23.5 Å². The largest absolute Gasteiger partial charge is 0.464 e. The molecule has 0 radical (unpaired) electrons. The van der Waals surface area contributed by atoms with Gasteiger partial charge < -0.3 is 20.1 Å². The average Bonchev–Trinajstić information content (AvgIpc) is 2.50. The van der Waals surface area contributed by atoms with E-state index in [0.29, 0.717) is 31.0 Å². The van der Waals surface area contributed by atoms with Crippen molar-refractivity contribution in [1.29, 1.82) is 0 Å². The van der Waals surface area contributed by atoms with Gasteiger partial charge in [-0.05, 0) is 30.5 Å². The van der Waals surface area contributed by atoms with Crippen molar-refractivity contribution < 1.29 is 23.5 Å². The lowest BCUT2D eigenvalue weighted by Gasteiger charge is -2.48. The van der Waals surface area contributed by atoms with Crippen LogP contribution >= 0.6 is 11.6 Å². The van der Waals surface area contributed by atoms with E-state index in [0.717, 1.165) is 5.56 Å². The minimum absolute atomic E-state index is 0.0520. The predicted octanol–water partition coefficient (Wildman–Crippen LogP) is 1.88. The van der Waals surface area contributed by atoms with Crippen LogP contribution in [-0.2, 0) is 25.7 Å². The number of nitrogens with two attached hydrogens (primary N) is 1. The number of carbonyl (C=O) groups excluding carboxylic acids is 2. The Hall–Kier alpha value is -1.70. The third-order valence-corrected chi connectivity index (χ3v) is 5.22. The number of rotatable bonds is 6. The molecule has 1 saturated carbocycles. The van der Waals surface area contributed by atoms with E-state index in [1.807, 2.05) is 0 Å². The molecular formula is C18H22ClFN2O4.